The average molecular weight is 406 g/mol. The van der Waals surface area contributed by atoms with Crippen LogP contribution in [0.25, 0.3) is 16.5 Å². The lowest BCUT2D eigenvalue weighted by Gasteiger charge is -2.09. The topological polar surface area (TPSA) is 106 Å². The van der Waals surface area contributed by atoms with Crippen LogP contribution in [0.1, 0.15) is 16.1 Å². The smallest absolute Gasteiger partial charge is 0.279 e. The molecule has 0 bridgehead atoms. The molecule has 29 heavy (non-hydrogen) atoms. The van der Waals surface area contributed by atoms with Crippen molar-refractivity contribution in [1.29, 1.82) is 0 Å². The number of aromatic amines is 1. The number of carbonyl (C=O) groups is 1. The largest absolute Gasteiger partial charge is 0.351 e. The van der Waals surface area contributed by atoms with Gasteiger partial charge in [-0.1, -0.05) is 30.0 Å². The summed E-state index contributed by atoms with van der Waals surface area (Å²) in [5, 5.41) is 16.0. The van der Waals surface area contributed by atoms with E-state index in [1.54, 1.807) is 30.3 Å². The Kier molecular flexibility index (Phi) is 5.39. The zero-order chi connectivity index (χ0) is 20.2. The highest BCUT2D eigenvalue weighted by molar-refractivity contribution is 7.99. The minimum atomic E-state index is -0.187. The van der Waals surface area contributed by atoms with Crippen molar-refractivity contribution in [3.05, 3.63) is 76.5 Å². The summed E-state index contributed by atoms with van der Waals surface area (Å²) in [6, 6.07) is 14.2. The number of thioether (sulfide) groups is 1. The number of aryl methyl sites for hydroxylation is 1. The molecular weight excluding hydrogens is 388 g/mol. The molecule has 2 aromatic carbocycles. The van der Waals surface area contributed by atoms with E-state index in [1.165, 1.54) is 22.8 Å². The molecule has 1 amide bonds. The van der Waals surface area contributed by atoms with Gasteiger partial charge in [-0.3, -0.25) is 14.7 Å². The Morgan fingerprint density at radius 1 is 1.14 bits per heavy atom. The van der Waals surface area contributed by atoms with E-state index in [2.05, 4.69) is 25.6 Å². The maximum Gasteiger partial charge on any atom is 0.279 e. The van der Waals surface area contributed by atoms with Crippen molar-refractivity contribution in [3.63, 3.8) is 0 Å². The van der Waals surface area contributed by atoms with Crippen molar-refractivity contribution < 1.29 is 4.79 Å². The van der Waals surface area contributed by atoms with E-state index in [9.17, 15) is 9.59 Å². The van der Waals surface area contributed by atoms with E-state index in [0.717, 1.165) is 11.1 Å². The number of aromatic nitrogens is 5. The third-order valence-corrected chi connectivity index (χ3v) is 5.26. The van der Waals surface area contributed by atoms with Crippen LogP contribution in [0, 0.1) is 6.92 Å². The molecule has 0 aliphatic carbocycles. The molecule has 9 heteroatoms. The van der Waals surface area contributed by atoms with Crippen LogP contribution in [0.4, 0.5) is 0 Å². The molecule has 0 aliphatic rings. The number of H-pyrrole nitrogens is 1. The molecule has 0 saturated carbocycles. The molecule has 0 spiro atoms. The van der Waals surface area contributed by atoms with Gasteiger partial charge >= 0.3 is 0 Å². The van der Waals surface area contributed by atoms with Gasteiger partial charge in [-0.25, -0.2) is 4.98 Å². The molecular formula is C20H18N6O2S. The summed E-state index contributed by atoms with van der Waals surface area (Å²) >= 11 is 1.48. The highest BCUT2D eigenvalue weighted by atomic mass is 32.2. The van der Waals surface area contributed by atoms with Crippen LogP contribution in [-0.4, -0.2) is 43.2 Å². The molecule has 0 radical (unpaired) electrons. The monoisotopic (exact) mass is 406 g/mol. The Bertz CT molecular complexity index is 1200. The number of carbonyl (C=O) groups excluding carboxylic acids is 1. The van der Waals surface area contributed by atoms with Crippen molar-refractivity contribution >= 4 is 28.4 Å². The summed E-state index contributed by atoms with van der Waals surface area (Å²) in [7, 11) is 0. The summed E-state index contributed by atoms with van der Waals surface area (Å²) < 4.78 is 1.37. The maximum atomic E-state index is 12.8. The number of hydrogen-bond donors (Lipinski definition) is 2. The van der Waals surface area contributed by atoms with Gasteiger partial charge in [-0.05, 0) is 37.3 Å². The molecule has 0 unspecified atom stereocenters. The van der Waals surface area contributed by atoms with Gasteiger partial charge in [-0.2, -0.15) is 14.9 Å². The summed E-state index contributed by atoms with van der Waals surface area (Å²) in [5.41, 5.74) is 1.71. The lowest BCUT2D eigenvalue weighted by Crippen LogP contribution is -2.26. The highest BCUT2D eigenvalue weighted by Gasteiger charge is 2.10. The van der Waals surface area contributed by atoms with Gasteiger partial charge in [-0.15, -0.1) is 0 Å². The first-order valence-electron chi connectivity index (χ1n) is 8.99. The van der Waals surface area contributed by atoms with Crippen LogP contribution in [-0.2, 0) is 0 Å². The predicted molar refractivity (Wildman–Crippen MR) is 112 cm³/mol. The fourth-order valence-corrected chi connectivity index (χ4v) is 3.59. The molecule has 0 fully saturated rings. The summed E-state index contributed by atoms with van der Waals surface area (Å²) in [6.45, 7) is 2.37. The van der Waals surface area contributed by atoms with Crippen LogP contribution in [0.15, 0.2) is 64.8 Å². The Hall–Kier alpha value is -3.46. The van der Waals surface area contributed by atoms with Crippen molar-refractivity contribution in [2.24, 2.45) is 0 Å². The fourth-order valence-electron chi connectivity index (χ4n) is 2.96. The molecule has 8 nitrogen and oxygen atoms in total. The number of hydrogen-bond acceptors (Lipinski definition) is 6. The third kappa shape index (κ3) is 4.04. The standard InChI is InChI=1S/C20H18N6O2S/c1-13-16-4-2-3-5-17(16)19(28)26(25-13)15-8-6-14(7-9-15)18(27)21-10-11-29-20-22-12-23-24-20/h2-9,12H,10-11H2,1H3,(H,21,27)(H,22,23,24). The zero-order valence-electron chi connectivity index (χ0n) is 15.6. The average Bonchev–Trinajstić information content (AvgIpc) is 3.27. The van der Waals surface area contributed by atoms with Gasteiger partial charge in [0.05, 0.1) is 16.8 Å². The first-order valence-corrected chi connectivity index (χ1v) is 9.97. The van der Waals surface area contributed by atoms with Gasteiger partial charge < -0.3 is 5.32 Å². The number of rotatable bonds is 6. The van der Waals surface area contributed by atoms with Crippen LogP contribution in [0.2, 0.25) is 0 Å². The highest BCUT2D eigenvalue weighted by Crippen LogP contribution is 2.15. The van der Waals surface area contributed by atoms with Crippen molar-refractivity contribution in [2.75, 3.05) is 12.3 Å². The lowest BCUT2D eigenvalue weighted by atomic mass is 10.1. The Morgan fingerprint density at radius 3 is 2.62 bits per heavy atom. The van der Waals surface area contributed by atoms with Crippen LogP contribution in [0.5, 0.6) is 0 Å². The molecule has 4 rings (SSSR count). The molecule has 146 valence electrons. The zero-order valence-corrected chi connectivity index (χ0v) is 16.4. The second-order valence-corrected chi connectivity index (χ2v) is 7.37. The van der Waals surface area contributed by atoms with Gasteiger partial charge in [0.25, 0.3) is 11.5 Å². The summed E-state index contributed by atoms with van der Waals surface area (Å²) in [4.78, 5) is 29.1. The second kappa shape index (κ2) is 8.27. The van der Waals surface area contributed by atoms with Crippen LogP contribution < -0.4 is 10.9 Å². The first kappa shape index (κ1) is 18.9. The Morgan fingerprint density at radius 2 is 1.90 bits per heavy atom. The third-order valence-electron chi connectivity index (χ3n) is 4.38. The summed E-state index contributed by atoms with van der Waals surface area (Å²) in [5.74, 6) is 0.499. The van der Waals surface area contributed by atoms with Gasteiger partial charge in [0.1, 0.15) is 6.33 Å². The van der Waals surface area contributed by atoms with Gasteiger partial charge in [0, 0.05) is 23.2 Å². The molecule has 2 heterocycles. The Balaban J connectivity index is 1.46. The lowest BCUT2D eigenvalue weighted by molar-refractivity contribution is 0.0956. The van der Waals surface area contributed by atoms with E-state index in [4.69, 9.17) is 0 Å². The molecule has 0 atom stereocenters. The van der Waals surface area contributed by atoms with E-state index >= 15 is 0 Å². The first-order chi connectivity index (χ1) is 14.1. The van der Waals surface area contributed by atoms with Crippen molar-refractivity contribution in [3.8, 4) is 5.69 Å². The quantitative estimate of drug-likeness (QED) is 0.376. The predicted octanol–water partition coefficient (Wildman–Crippen LogP) is 2.33. The molecule has 2 aromatic heterocycles. The van der Waals surface area contributed by atoms with E-state index < -0.39 is 0 Å². The van der Waals surface area contributed by atoms with E-state index in [0.29, 0.717) is 34.1 Å². The minimum absolute atomic E-state index is 0.176. The van der Waals surface area contributed by atoms with Crippen molar-refractivity contribution in [1.82, 2.24) is 30.3 Å². The second-order valence-electron chi connectivity index (χ2n) is 6.29. The Labute approximate surface area is 170 Å². The van der Waals surface area contributed by atoms with Gasteiger partial charge in [0.2, 0.25) is 0 Å². The number of benzene rings is 2. The van der Waals surface area contributed by atoms with Crippen LogP contribution >= 0.6 is 11.8 Å². The number of fused-ring (bicyclic) bond motifs is 1. The summed E-state index contributed by atoms with van der Waals surface area (Å²) in [6.07, 6.45) is 1.44. The van der Waals surface area contributed by atoms with Crippen LogP contribution in [0.3, 0.4) is 0 Å². The minimum Gasteiger partial charge on any atom is -0.351 e. The van der Waals surface area contributed by atoms with Crippen molar-refractivity contribution in [2.45, 2.75) is 12.1 Å². The molecule has 2 N–H and O–H groups in total. The maximum absolute atomic E-state index is 12.8. The molecule has 4 aromatic rings. The van der Waals surface area contributed by atoms with E-state index in [1.807, 2.05) is 25.1 Å². The number of nitrogens with zero attached hydrogens (tertiary/aromatic N) is 4. The van der Waals surface area contributed by atoms with E-state index in [-0.39, 0.29) is 11.5 Å². The molecule has 0 saturated heterocycles. The number of nitrogens with one attached hydrogen (secondary N) is 2. The SMILES string of the molecule is Cc1nn(-c2ccc(C(=O)NCCSc3ncn[nH]3)cc2)c(=O)c2ccccc12. The molecule has 0 aliphatic heterocycles. The van der Waals surface area contributed by atoms with Gasteiger partial charge in [0.15, 0.2) is 5.16 Å². The fraction of sp³-hybridized carbons (Fsp3) is 0.150. The number of amides is 1. The normalized spacial score (nSPS) is 10.9.